The number of nitro benzene ring substituents is 1. The molecule has 1 aliphatic rings. The van der Waals surface area contributed by atoms with Gasteiger partial charge in [0.25, 0.3) is 5.69 Å². The lowest BCUT2D eigenvalue weighted by Crippen LogP contribution is -2.33. The molecule has 0 aliphatic heterocycles. The maximum absolute atomic E-state index is 10.9. The number of rotatable bonds is 3. The van der Waals surface area contributed by atoms with Gasteiger partial charge in [0.1, 0.15) is 5.69 Å². The molecule has 1 aliphatic carbocycles. The fourth-order valence-corrected chi connectivity index (χ4v) is 2.49. The second kappa shape index (κ2) is 4.57. The van der Waals surface area contributed by atoms with Crippen molar-refractivity contribution < 1.29 is 4.92 Å². The Morgan fingerprint density at radius 2 is 2.19 bits per heavy atom. The van der Waals surface area contributed by atoms with Crippen molar-refractivity contribution in [3.63, 3.8) is 0 Å². The number of nitrogens with one attached hydrogen (secondary N) is 1. The third kappa shape index (κ3) is 2.45. The van der Waals surface area contributed by atoms with E-state index in [9.17, 15) is 10.1 Å². The van der Waals surface area contributed by atoms with Gasteiger partial charge >= 0.3 is 0 Å². The van der Waals surface area contributed by atoms with Crippen LogP contribution in [0.4, 0.5) is 11.4 Å². The summed E-state index contributed by atoms with van der Waals surface area (Å²) in [5.41, 5.74) is 0.814. The number of halogens is 1. The van der Waals surface area contributed by atoms with Crippen LogP contribution in [0.25, 0.3) is 0 Å². The fraction of sp³-hybridized carbons (Fsp3) is 0.455. The highest BCUT2D eigenvalue weighted by atomic mass is 127. The molecule has 1 aromatic carbocycles. The van der Waals surface area contributed by atoms with Crippen molar-refractivity contribution in [2.45, 2.75) is 25.8 Å². The van der Waals surface area contributed by atoms with Gasteiger partial charge in [0.15, 0.2) is 0 Å². The third-order valence-corrected chi connectivity index (χ3v) is 3.56. The SMILES string of the molecule is CC1CC(Nc2ccc(I)cc2[N+](=O)[O-])C1. The summed E-state index contributed by atoms with van der Waals surface area (Å²) in [6.45, 7) is 2.19. The van der Waals surface area contributed by atoms with E-state index in [4.69, 9.17) is 0 Å². The predicted octanol–water partition coefficient (Wildman–Crippen LogP) is 3.41. The molecule has 0 aromatic heterocycles. The van der Waals surface area contributed by atoms with E-state index in [1.807, 2.05) is 6.07 Å². The van der Waals surface area contributed by atoms with Crippen LogP contribution in [0.3, 0.4) is 0 Å². The minimum absolute atomic E-state index is 0.173. The lowest BCUT2D eigenvalue weighted by atomic mass is 9.82. The lowest BCUT2D eigenvalue weighted by Gasteiger charge is -2.33. The van der Waals surface area contributed by atoms with Gasteiger partial charge < -0.3 is 5.32 Å². The number of nitro groups is 1. The topological polar surface area (TPSA) is 55.2 Å². The average molecular weight is 332 g/mol. The standard InChI is InChI=1S/C11H13IN2O2/c1-7-4-9(5-7)13-10-3-2-8(12)6-11(10)14(15)16/h2-3,6-7,9,13H,4-5H2,1H3. The molecule has 16 heavy (non-hydrogen) atoms. The quantitative estimate of drug-likeness (QED) is 0.524. The second-order valence-corrected chi connectivity index (χ2v) is 5.58. The molecule has 0 unspecified atom stereocenters. The Labute approximate surface area is 108 Å². The first kappa shape index (κ1) is 11.6. The van der Waals surface area contributed by atoms with Crippen molar-refractivity contribution in [2.24, 2.45) is 5.92 Å². The van der Waals surface area contributed by atoms with E-state index in [0.29, 0.717) is 11.7 Å². The van der Waals surface area contributed by atoms with Crippen LogP contribution < -0.4 is 5.32 Å². The van der Waals surface area contributed by atoms with Crippen LogP contribution in [0, 0.1) is 19.6 Å². The maximum Gasteiger partial charge on any atom is 0.293 e. The van der Waals surface area contributed by atoms with Crippen LogP contribution in [0.15, 0.2) is 18.2 Å². The molecule has 1 fully saturated rings. The van der Waals surface area contributed by atoms with E-state index in [1.54, 1.807) is 12.1 Å². The molecule has 0 heterocycles. The van der Waals surface area contributed by atoms with E-state index >= 15 is 0 Å². The van der Waals surface area contributed by atoms with Crippen LogP contribution in [-0.4, -0.2) is 11.0 Å². The van der Waals surface area contributed by atoms with Gasteiger partial charge in [-0.1, -0.05) is 6.92 Å². The van der Waals surface area contributed by atoms with Gasteiger partial charge in [0.2, 0.25) is 0 Å². The molecule has 5 heteroatoms. The van der Waals surface area contributed by atoms with E-state index in [0.717, 1.165) is 22.3 Å². The molecule has 0 atom stereocenters. The van der Waals surface area contributed by atoms with Crippen molar-refractivity contribution in [3.8, 4) is 0 Å². The fourth-order valence-electron chi connectivity index (χ4n) is 2.02. The Balaban J connectivity index is 2.16. The Morgan fingerprint density at radius 1 is 1.50 bits per heavy atom. The monoisotopic (exact) mass is 332 g/mol. The predicted molar refractivity (Wildman–Crippen MR) is 71.6 cm³/mol. The van der Waals surface area contributed by atoms with Gasteiger partial charge in [0.05, 0.1) is 4.92 Å². The normalized spacial score (nSPS) is 23.6. The molecule has 0 radical (unpaired) electrons. The van der Waals surface area contributed by atoms with Gasteiger partial charge in [-0.3, -0.25) is 10.1 Å². The molecule has 2 rings (SSSR count). The van der Waals surface area contributed by atoms with Crippen molar-refractivity contribution in [1.82, 2.24) is 0 Å². The number of hydrogen-bond donors (Lipinski definition) is 1. The minimum Gasteiger partial charge on any atom is -0.377 e. The zero-order chi connectivity index (χ0) is 11.7. The van der Waals surface area contributed by atoms with Crippen molar-refractivity contribution in [2.75, 3.05) is 5.32 Å². The third-order valence-electron chi connectivity index (χ3n) is 2.89. The summed E-state index contributed by atoms with van der Waals surface area (Å²) in [6.07, 6.45) is 2.20. The Kier molecular flexibility index (Phi) is 3.32. The van der Waals surface area contributed by atoms with Crippen LogP contribution in [-0.2, 0) is 0 Å². The largest absolute Gasteiger partial charge is 0.377 e. The van der Waals surface area contributed by atoms with Gasteiger partial charge in [-0.2, -0.15) is 0 Å². The summed E-state index contributed by atoms with van der Waals surface area (Å²) in [6, 6.07) is 5.68. The molecule has 4 nitrogen and oxygen atoms in total. The van der Waals surface area contributed by atoms with Gasteiger partial charge in [-0.05, 0) is 53.5 Å². The Bertz CT molecular complexity index is 416. The first-order valence-corrected chi connectivity index (χ1v) is 6.34. The molecule has 0 amide bonds. The van der Waals surface area contributed by atoms with Crippen LogP contribution in [0.1, 0.15) is 19.8 Å². The van der Waals surface area contributed by atoms with E-state index in [2.05, 4.69) is 34.8 Å². The number of hydrogen-bond acceptors (Lipinski definition) is 3. The van der Waals surface area contributed by atoms with Crippen LogP contribution in [0.5, 0.6) is 0 Å². The zero-order valence-corrected chi connectivity index (χ0v) is 11.1. The first-order chi connectivity index (χ1) is 7.56. The lowest BCUT2D eigenvalue weighted by molar-refractivity contribution is -0.384. The highest BCUT2D eigenvalue weighted by molar-refractivity contribution is 14.1. The first-order valence-electron chi connectivity index (χ1n) is 5.26. The van der Waals surface area contributed by atoms with Crippen molar-refractivity contribution in [3.05, 3.63) is 31.9 Å². The second-order valence-electron chi connectivity index (χ2n) is 4.34. The summed E-state index contributed by atoms with van der Waals surface area (Å²) < 4.78 is 0.886. The molecule has 1 saturated carbocycles. The highest BCUT2D eigenvalue weighted by Crippen LogP contribution is 2.33. The van der Waals surface area contributed by atoms with Crippen LogP contribution in [0.2, 0.25) is 0 Å². The number of nitrogens with zero attached hydrogens (tertiary/aromatic N) is 1. The van der Waals surface area contributed by atoms with Crippen molar-refractivity contribution in [1.29, 1.82) is 0 Å². The van der Waals surface area contributed by atoms with E-state index in [-0.39, 0.29) is 10.6 Å². The summed E-state index contributed by atoms with van der Waals surface area (Å²) in [7, 11) is 0. The molecule has 86 valence electrons. The minimum atomic E-state index is -0.327. The molecular weight excluding hydrogens is 319 g/mol. The molecular formula is C11H13IN2O2. The van der Waals surface area contributed by atoms with E-state index < -0.39 is 0 Å². The summed E-state index contributed by atoms with van der Waals surface area (Å²) in [5, 5.41) is 14.1. The maximum atomic E-state index is 10.9. The van der Waals surface area contributed by atoms with Gasteiger partial charge in [-0.25, -0.2) is 0 Å². The number of benzene rings is 1. The van der Waals surface area contributed by atoms with E-state index in [1.165, 1.54) is 0 Å². The van der Waals surface area contributed by atoms with Gasteiger partial charge in [0, 0.05) is 15.7 Å². The van der Waals surface area contributed by atoms with Crippen LogP contribution >= 0.6 is 22.6 Å². The average Bonchev–Trinajstić information content (AvgIpc) is 2.17. The summed E-state index contributed by atoms with van der Waals surface area (Å²) >= 11 is 2.08. The Morgan fingerprint density at radius 3 is 2.75 bits per heavy atom. The van der Waals surface area contributed by atoms with Gasteiger partial charge in [-0.15, -0.1) is 0 Å². The summed E-state index contributed by atoms with van der Waals surface area (Å²) in [5.74, 6) is 0.736. The highest BCUT2D eigenvalue weighted by Gasteiger charge is 2.27. The smallest absolute Gasteiger partial charge is 0.293 e. The molecule has 1 N–H and O–H groups in total. The molecule has 1 aromatic rings. The Hall–Kier alpha value is -0.850. The zero-order valence-electron chi connectivity index (χ0n) is 8.94. The van der Waals surface area contributed by atoms with Crippen molar-refractivity contribution >= 4 is 34.0 Å². The molecule has 0 spiro atoms. The molecule has 0 bridgehead atoms. The molecule has 0 saturated heterocycles. The number of anilines is 1. The summed E-state index contributed by atoms with van der Waals surface area (Å²) in [4.78, 5) is 10.6.